The highest BCUT2D eigenvalue weighted by molar-refractivity contribution is 5.76. The summed E-state index contributed by atoms with van der Waals surface area (Å²) >= 11 is 0. The largest absolute Gasteiger partial charge is 0.343 e. The molecule has 2 heterocycles. The number of amides is 1. The maximum atomic E-state index is 12.0. The lowest BCUT2D eigenvalue weighted by molar-refractivity contribution is -0.132. The second-order valence-electron chi connectivity index (χ2n) is 5.40. The number of likely N-dealkylation sites (tertiary alicyclic amines) is 1. The van der Waals surface area contributed by atoms with Crippen LogP contribution in [0.15, 0.2) is 0 Å². The number of carbonyl (C=O) groups excluding carboxylic acids is 1. The maximum Gasteiger partial charge on any atom is 0.223 e. The molecule has 0 bridgehead atoms. The molecule has 2 aliphatic rings. The van der Waals surface area contributed by atoms with Crippen molar-refractivity contribution in [3.05, 3.63) is 0 Å². The van der Waals surface area contributed by atoms with Crippen molar-refractivity contribution in [3.8, 4) is 0 Å². The predicted molar refractivity (Wildman–Crippen MR) is 68.9 cm³/mol. The molecule has 2 fully saturated rings. The second-order valence-corrected chi connectivity index (χ2v) is 5.40. The summed E-state index contributed by atoms with van der Waals surface area (Å²) in [6, 6.07) is 0. The van der Waals surface area contributed by atoms with Gasteiger partial charge in [0.1, 0.15) is 0 Å². The van der Waals surface area contributed by atoms with E-state index in [1.54, 1.807) is 0 Å². The number of piperazine rings is 1. The van der Waals surface area contributed by atoms with Crippen molar-refractivity contribution >= 4 is 5.91 Å². The van der Waals surface area contributed by atoms with Crippen molar-refractivity contribution in [2.24, 2.45) is 5.92 Å². The minimum absolute atomic E-state index is 0.357. The molecule has 1 amide bonds. The van der Waals surface area contributed by atoms with Crippen LogP contribution in [0.3, 0.4) is 0 Å². The van der Waals surface area contributed by atoms with Crippen LogP contribution in [0.25, 0.3) is 0 Å². The molecule has 0 aromatic heterocycles. The Morgan fingerprint density at radius 3 is 2.47 bits per heavy atom. The number of hydrogen-bond donors (Lipinski definition) is 1. The third kappa shape index (κ3) is 3.96. The monoisotopic (exact) mass is 239 g/mol. The van der Waals surface area contributed by atoms with Crippen LogP contribution < -0.4 is 5.32 Å². The average molecular weight is 239 g/mol. The number of rotatable bonds is 3. The van der Waals surface area contributed by atoms with Crippen LogP contribution in [0.5, 0.6) is 0 Å². The quantitative estimate of drug-likeness (QED) is 0.781. The summed E-state index contributed by atoms with van der Waals surface area (Å²) in [7, 11) is 0. The van der Waals surface area contributed by atoms with E-state index in [4.69, 9.17) is 0 Å². The van der Waals surface area contributed by atoms with E-state index in [1.807, 2.05) is 0 Å². The van der Waals surface area contributed by atoms with Crippen LogP contribution in [0.1, 0.15) is 26.2 Å². The molecule has 0 saturated carbocycles. The average Bonchev–Trinajstić information content (AvgIpc) is 2.38. The fraction of sp³-hybridized carbons (Fsp3) is 0.923. The normalized spacial score (nSPS) is 23.9. The highest BCUT2D eigenvalue weighted by Crippen LogP contribution is 2.16. The number of hydrogen-bond acceptors (Lipinski definition) is 3. The summed E-state index contributed by atoms with van der Waals surface area (Å²) in [6.07, 6.45) is 3.06. The van der Waals surface area contributed by atoms with Gasteiger partial charge >= 0.3 is 0 Å². The van der Waals surface area contributed by atoms with E-state index in [-0.39, 0.29) is 0 Å². The Balaban J connectivity index is 1.66. The molecule has 0 unspecified atom stereocenters. The Hall–Kier alpha value is -0.610. The van der Waals surface area contributed by atoms with Crippen LogP contribution in [-0.2, 0) is 4.79 Å². The Bertz CT molecular complexity index is 243. The van der Waals surface area contributed by atoms with Gasteiger partial charge in [-0.2, -0.15) is 0 Å². The van der Waals surface area contributed by atoms with Gasteiger partial charge in [0, 0.05) is 52.2 Å². The molecular formula is C13H25N3O. The van der Waals surface area contributed by atoms with Gasteiger partial charge in [0.15, 0.2) is 0 Å². The summed E-state index contributed by atoms with van der Waals surface area (Å²) < 4.78 is 0. The third-order valence-corrected chi connectivity index (χ3v) is 3.99. The van der Waals surface area contributed by atoms with Gasteiger partial charge in [-0.05, 0) is 18.8 Å². The molecule has 98 valence electrons. The lowest BCUT2D eigenvalue weighted by atomic mass is 9.99. The molecule has 0 atom stereocenters. The van der Waals surface area contributed by atoms with Gasteiger partial charge in [-0.3, -0.25) is 4.79 Å². The maximum absolute atomic E-state index is 12.0. The van der Waals surface area contributed by atoms with Crippen molar-refractivity contribution < 1.29 is 4.79 Å². The van der Waals surface area contributed by atoms with Gasteiger partial charge < -0.3 is 15.1 Å². The molecule has 4 nitrogen and oxygen atoms in total. The standard InChI is InChI=1S/C13H25N3O/c1-12-2-8-16(9-3-12)13(17)4-7-15-10-5-14-6-11-15/h12,14H,2-11H2,1H3. The predicted octanol–water partition coefficient (Wildman–Crippen LogP) is 0.540. The van der Waals surface area contributed by atoms with Gasteiger partial charge in [-0.25, -0.2) is 0 Å². The van der Waals surface area contributed by atoms with Crippen LogP contribution in [0.2, 0.25) is 0 Å². The van der Waals surface area contributed by atoms with Gasteiger partial charge in [-0.1, -0.05) is 6.92 Å². The lowest BCUT2D eigenvalue weighted by Crippen LogP contribution is -2.45. The summed E-state index contributed by atoms with van der Waals surface area (Å²) in [6.45, 7) is 9.47. The minimum Gasteiger partial charge on any atom is -0.343 e. The summed E-state index contributed by atoms with van der Waals surface area (Å²) in [5.74, 6) is 1.16. The summed E-state index contributed by atoms with van der Waals surface area (Å²) in [5.41, 5.74) is 0. The van der Waals surface area contributed by atoms with E-state index >= 15 is 0 Å². The van der Waals surface area contributed by atoms with E-state index in [0.717, 1.165) is 51.7 Å². The highest BCUT2D eigenvalue weighted by atomic mass is 16.2. The summed E-state index contributed by atoms with van der Waals surface area (Å²) in [4.78, 5) is 16.5. The zero-order valence-electron chi connectivity index (χ0n) is 11.0. The van der Waals surface area contributed by atoms with Crippen LogP contribution in [-0.4, -0.2) is 61.5 Å². The Kier molecular flexibility index (Phi) is 4.80. The molecule has 2 rings (SSSR count). The third-order valence-electron chi connectivity index (χ3n) is 3.99. The van der Waals surface area contributed by atoms with E-state index in [9.17, 15) is 4.79 Å². The van der Waals surface area contributed by atoms with E-state index in [0.29, 0.717) is 12.3 Å². The van der Waals surface area contributed by atoms with Crippen LogP contribution >= 0.6 is 0 Å². The minimum atomic E-state index is 0.357. The topological polar surface area (TPSA) is 35.6 Å². The van der Waals surface area contributed by atoms with Crippen molar-refractivity contribution in [3.63, 3.8) is 0 Å². The smallest absolute Gasteiger partial charge is 0.223 e. The first-order chi connectivity index (χ1) is 8.25. The van der Waals surface area contributed by atoms with Crippen LogP contribution in [0.4, 0.5) is 0 Å². The van der Waals surface area contributed by atoms with Gasteiger partial charge in [-0.15, -0.1) is 0 Å². The molecule has 1 N–H and O–H groups in total. The molecule has 2 aliphatic heterocycles. The molecule has 0 aromatic carbocycles. The van der Waals surface area contributed by atoms with Crippen molar-refractivity contribution in [2.75, 3.05) is 45.8 Å². The molecule has 4 heteroatoms. The SMILES string of the molecule is CC1CCN(C(=O)CCN2CCNCC2)CC1. The van der Waals surface area contributed by atoms with E-state index < -0.39 is 0 Å². The highest BCUT2D eigenvalue weighted by Gasteiger charge is 2.20. The second kappa shape index (κ2) is 6.36. The van der Waals surface area contributed by atoms with E-state index in [2.05, 4.69) is 22.0 Å². The number of piperidine rings is 1. The zero-order valence-corrected chi connectivity index (χ0v) is 11.0. The molecule has 2 saturated heterocycles. The van der Waals surface area contributed by atoms with Crippen molar-refractivity contribution in [1.82, 2.24) is 15.1 Å². The van der Waals surface area contributed by atoms with Crippen LogP contribution in [0, 0.1) is 5.92 Å². The fourth-order valence-electron chi connectivity index (χ4n) is 2.60. The lowest BCUT2D eigenvalue weighted by Gasteiger charge is -2.32. The summed E-state index contributed by atoms with van der Waals surface area (Å²) in [5, 5.41) is 3.33. The first-order valence-corrected chi connectivity index (χ1v) is 6.96. The van der Waals surface area contributed by atoms with Crippen molar-refractivity contribution in [1.29, 1.82) is 0 Å². The van der Waals surface area contributed by atoms with Gasteiger partial charge in [0.25, 0.3) is 0 Å². The van der Waals surface area contributed by atoms with Gasteiger partial charge in [0.05, 0.1) is 0 Å². The van der Waals surface area contributed by atoms with Crippen molar-refractivity contribution in [2.45, 2.75) is 26.2 Å². The fourth-order valence-corrected chi connectivity index (χ4v) is 2.60. The Morgan fingerprint density at radius 2 is 1.82 bits per heavy atom. The first kappa shape index (κ1) is 12.8. The molecule has 0 aromatic rings. The van der Waals surface area contributed by atoms with E-state index in [1.165, 1.54) is 12.8 Å². The number of nitrogens with zero attached hydrogens (tertiary/aromatic N) is 2. The molecular weight excluding hydrogens is 214 g/mol. The Labute approximate surface area is 104 Å². The molecule has 0 radical (unpaired) electrons. The number of carbonyl (C=O) groups is 1. The number of nitrogens with one attached hydrogen (secondary N) is 1. The molecule has 0 spiro atoms. The van der Waals surface area contributed by atoms with Gasteiger partial charge in [0.2, 0.25) is 5.91 Å². The Morgan fingerprint density at radius 1 is 1.18 bits per heavy atom. The molecule has 17 heavy (non-hydrogen) atoms. The molecule has 0 aliphatic carbocycles. The zero-order chi connectivity index (χ0) is 12.1. The first-order valence-electron chi connectivity index (χ1n) is 6.96.